The molecule has 0 radical (unpaired) electrons. The molecule has 0 aliphatic carbocycles. The number of hydrogen-bond donors (Lipinski definition) is 2. The standard InChI is InChI=1S/C22H23ClFN5O2S/c1-4-29-20(14(3)25-21(31)15-7-5-6-13(2)10-15)27-28-22(29)32-12-19(30)26-16-8-9-18(24)17(23)11-16/h5-11,14H,4,12H2,1-3H3,(H,25,31)(H,26,30). The van der Waals surface area contributed by atoms with Crippen LogP contribution in [0.25, 0.3) is 0 Å². The molecule has 0 fully saturated rings. The number of carbonyl (C=O) groups is 2. The zero-order valence-corrected chi connectivity index (χ0v) is 19.4. The maximum Gasteiger partial charge on any atom is 0.251 e. The van der Waals surface area contributed by atoms with Crippen molar-refractivity contribution in [1.82, 2.24) is 20.1 Å². The lowest BCUT2D eigenvalue weighted by Gasteiger charge is -2.15. The fourth-order valence-corrected chi connectivity index (χ4v) is 4.05. The normalized spacial score (nSPS) is 11.8. The highest BCUT2D eigenvalue weighted by Crippen LogP contribution is 2.23. The Morgan fingerprint density at radius 1 is 1.22 bits per heavy atom. The van der Waals surface area contributed by atoms with Gasteiger partial charge in [0, 0.05) is 17.8 Å². The first-order chi connectivity index (χ1) is 15.3. The molecule has 1 unspecified atom stereocenters. The minimum atomic E-state index is -0.550. The number of nitrogens with one attached hydrogen (secondary N) is 2. The molecule has 2 amide bonds. The second-order valence-electron chi connectivity index (χ2n) is 7.12. The number of halogens is 2. The van der Waals surface area contributed by atoms with E-state index in [9.17, 15) is 14.0 Å². The van der Waals surface area contributed by atoms with Gasteiger partial charge in [-0.2, -0.15) is 0 Å². The average molecular weight is 476 g/mol. The Bertz CT molecular complexity index is 1140. The number of aromatic nitrogens is 3. The second-order valence-corrected chi connectivity index (χ2v) is 8.47. The first-order valence-electron chi connectivity index (χ1n) is 9.96. The number of nitrogens with zero attached hydrogens (tertiary/aromatic N) is 3. The molecule has 1 aromatic heterocycles. The Balaban J connectivity index is 1.62. The fourth-order valence-electron chi connectivity index (χ4n) is 3.06. The van der Waals surface area contributed by atoms with Crippen molar-refractivity contribution in [3.05, 3.63) is 70.3 Å². The van der Waals surface area contributed by atoms with E-state index in [2.05, 4.69) is 20.8 Å². The molecule has 0 bridgehead atoms. The third-order valence-corrected chi connectivity index (χ3v) is 5.87. The molecule has 3 aromatic rings. The zero-order chi connectivity index (χ0) is 23.3. The van der Waals surface area contributed by atoms with Crippen LogP contribution in [0.5, 0.6) is 0 Å². The second kappa shape index (κ2) is 10.6. The van der Waals surface area contributed by atoms with Gasteiger partial charge >= 0.3 is 0 Å². The third-order valence-electron chi connectivity index (χ3n) is 4.61. The van der Waals surface area contributed by atoms with Crippen LogP contribution in [0.15, 0.2) is 47.6 Å². The molecule has 2 aromatic carbocycles. The molecule has 168 valence electrons. The topological polar surface area (TPSA) is 88.9 Å². The van der Waals surface area contributed by atoms with Gasteiger partial charge < -0.3 is 15.2 Å². The van der Waals surface area contributed by atoms with Crippen molar-refractivity contribution in [2.75, 3.05) is 11.1 Å². The van der Waals surface area contributed by atoms with Crippen LogP contribution in [0.4, 0.5) is 10.1 Å². The van der Waals surface area contributed by atoms with Gasteiger partial charge in [0.1, 0.15) is 5.82 Å². The van der Waals surface area contributed by atoms with Crippen molar-refractivity contribution in [1.29, 1.82) is 0 Å². The van der Waals surface area contributed by atoms with Crippen LogP contribution in [0, 0.1) is 12.7 Å². The Morgan fingerprint density at radius 2 is 2.00 bits per heavy atom. The predicted molar refractivity (Wildman–Crippen MR) is 124 cm³/mol. The van der Waals surface area contributed by atoms with Crippen LogP contribution in [0.3, 0.4) is 0 Å². The Kier molecular flexibility index (Phi) is 7.87. The van der Waals surface area contributed by atoms with Gasteiger partial charge in [-0.1, -0.05) is 41.1 Å². The summed E-state index contributed by atoms with van der Waals surface area (Å²) in [6.07, 6.45) is 0. The lowest BCUT2D eigenvalue weighted by atomic mass is 10.1. The highest BCUT2D eigenvalue weighted by atomic mass is 35.5. The molecule has 2 N–H and O–H groups in total. The number of carbonyl (C=O) groups excluding carboxylic acids is 2. The van der Waals surface area contributed by atoms with Crippen molar-refractivity contribution in [3.8, 4) is 0 Å². The van der Waals surface area contributed by atoms with Crippen LogP contribution < -0.4 is 10.6 Å². The molecule has 0 saturated heterocycles. The SMILES string of the molecule is CCn1c(SCC(=O)Nc2ccc(F)c(Cl)c2)nnc1C(C)NC(=O)c1cccc(C)c1. The van der Waals surface area contributed by atoms with E-state index in [1.54, 1.807) is 6.07 Å². The number of aryl methyl sites for hydroxylation is 1. The van der Waals surface area contributed by atoms with Crippen molar-refractivity contribution in [3.63, 3.8) is 0 Å². The van der Waals surface area contributed by atoms with Gasteiger partial charge in [-0.05, 0) is 51.1 Å². The van der Waals surface area contributed by atoms with E-state index in [1.807, 2.05) is 43.5 Å². The van der Waals surface area contributed by atoms with Crippen molar-refractivity contribution >= 4 is 40.9 Å². The predicted octanol–water partition coefficient (Wildman–Crippen LogP) is 4.62. The van der Waals surface area contributed by atoms with E-state index in [-0.39, 0.29) is 28.6 Å². The number of benzene rings is 2. The maximum absolute atomic E-state index is 13.3. The molecule has 0 aliphatic rings. The van der Waals surface area contributed by atoms with Crippen LogP contribution >= 0.6 is 23.4 Å². The van der Waals surface area contributed by atoms with Crippen molar-refractivity contribution in [2.24, 2.45) is 0 Å². The van der Waals surface area contributed by atoms with Crippen LogP contribution in [-0.2, 0) is 11.3 Å². The molecule has 10 heteroatoms. The molecule has 3 rings (SSSR count). The van der Waals surface area contributed by atoms with E-state index in [0.717, 1.165) is 5.56 Å². The van der Waals surface area contributed by atoms with Gasteiger partial charge in [-0.3, -0.25) is 9.59 Å². The number of hydrogen-bond acceptors (Lipinski definition) is 5. The first kappa shape index (κ1) is 23.7. The van der Waals surface area contributed by atoms with Crippen LogP contribution in [0.1, 0.15) is 41.6 Å². The fraction of sp³-hybridized carbons (Fsp3) is 0.273. The lowest BCUT2D eigenvalue weighted by Crippen LogP contribution is -2.28. The number of anilines is 1. The van der Waals surface area contributed by atoms with Gasteiger partial charge in [0.15, 0.2) is 11.0 Å². The van der Waals surface area contributed by atoms with Crippen LogP contribution in [0.2, 0.25) is 5.02 Å². The molecule has 1 atom stereocenters. The quantitative estimate of drug-likeness (QED) is 0.464. The summed E-state index contributed by atoms with van der Waals surface area (Å²) >= 11 is 6.96. The number of rotatable bonds is 8. The summed E-state index contributed by atoms with van der Waals surface area (Å²) in [4.78, 5) is 24.8. The number of thioether (sulfide) groups is 1. The molecule has 0 saturated carbocycles. The van der Waals surface area contributed by atoms with Gasteiger partial charge in [-0.15, -0.1) is 10.2 Å². The van der Waals surface area contributed by atoms with Gasteiger partial charge in [-0.25, -0.2) is 4.39 Å². The highest BCUT2D eigenvalue weighted by Gasteiger charge is 2.20. The summed E-state index contributed by atoms with van der Waals surface area (Å²) in [5, 5.41) is 14.5. The number of amides is 2. The summed E-state index contributed by atoms with van der Waals surface area (Å²) in [5.74, 6) is -0.353. The van der Waals surface area contributed by atoms with E-state index >= 15 is 0 Å². The molecule has 0 spiro atoms. The summed E-state index contributed by atoms with van der Waals surface area (Å²) in [6.45, 7) is 6.28. The van der Waals surface area contributed by atoms with E-state index in [4.69, 9.17) is 11.6 Å². The van der Waals surface area contributed by atoms with E-state index in [1.165, 1.54) is 30.0 Å². The molecule has 7 nitrogen and oxygen atoms in total. The summed E-state index contributed by atoms with van der Waals surface area (Å²) in [6, 6.07) is 11.0. The third kappa shape index (κ3) is 5.86. The van der Waals surface area contributed by atoms with Crippen LogP contribution in [-0.4, -0.2) is 32.3 Å². The van der Waals surface area contributed by atoms with E-state index in [0.29, 0.717) is 28.8 Å². The monoisotopic (exact) mass is 475 g/mol. The van der Waals surface area contributed by atoms with Crippen molar-refractivity contribution in [2.45, 2.75) is 38.5 Å². The summed E-state index contributed by atoms with van der Waals surface area (Å²) < 4.78 is 15.1. The van der Waals surface area contributed by atoms with Gasteiger partial charge in [0.2, 0.25) is 5.91 Å². The average Bonchev–Trinajstić information content (AvgIpc) is 3.18. The molecular weight excluding hydrogens is 453 g/mol. The van der Waals surface area contributed by atoms with Gasteiger partial charge in [0.25, 0.3) is 5.91 Å². The summed E-state index contributed by atoms with van der Waals surface area (Å²) in [5.41, 5.74) is 1.99. The zero-order valence-electron chi connectivity index (χ0n) is 17.9. The Hall–Kier alpha value is -2.91. The largest absolute Gasteiger partial charge is 0.342 e. The minimum Gasteiger partial charge on any atom is -0.342 e. The van der Waals surface area contributed by atoms with Gasteiger partial charge in [0.05, 0.1) is 16.8 Å². The minimum absolute atomic E-state index is 0.0625. The smallest absolute Gasteiger partial charge is 0.251 e. The van der Waals surface area contributed by atoms with Crippen molar-refractivity contribution < 1.29 is 14.0 Å². The lowest BCUT2D eigenvalue weighted by molar-refractivity contribution is -0.113. The molecular formula is C22H23ClFN5O2S. The maximum atomic E-state index is 13.3. The van der Waals surface area contributed by atoms with E-state index < -0.39 is 5.82 Å². The summed E-state index contributed by atoms with van der Waals surface area (Å²) in [7, 11) is 0. The highest BCUT2D eigenvalue weighted by molar-refractivity contribution is 7.99. The molecule has 0 aliphatic heterocycles. The Labute approximate surface area is 194 Å². The molecule has 32 heavy (non-hydrogen) atoms. The molecule has 1 heterocycles. The Morgan fingerprint density at radius 3 is 2.69 bits per heavy atom. The first-order valence-corrected chi connectivity index (χ1v) is 11.3.